The second-order valence-electron chi connectivity index (χ2n) is 6.82. The number of hydrogen-bond donors (Lipinski definition) is 0. The van der Waals surface area contributed by atoms with Gasteiger partial charge in [-0.15, -0.1) is 0 Å². The van der Waals surface area contributed by atoms with Crippen molar-refractivity contribution in [1.82, 2.24) is 9.88 Å². The normalized spacial score (nSPS) is 15.8. The van der Waals surface area contributed by atoms with Crippen LogP contribution in [0.15, 0.2) is 42.6 Å². The fourth-order valence-corrected chi connectivity index (χ4v) is 3.96. The first-order valence-corrected chi connectivity index (χ1v) is 10.8. The van der Waals surface area contributed by atoms with Crippen LogP contribution in [0, 0.1) is 0 Å². The molecule has 8 nitrogen and oxygen atoms in total. The van der Waals surface area contributed by atoms with Gasteiger partial charge in [-0.3, -0.25) is 14.6 Å². The van der Waals surface area contributed by atoms with E-state index in [0.29, 0.717) is 19.4 Å². The molecular formula is C22H24N2O6S. The third kappa shape index (κ3) is 6.21. The summed E-state index contributed by atoms with van der Waals surface area (Å²) in [6.45, 7) is 2.16. The zero-order valence-electron chi connectivity index (χ0n) is 17.4. The monoisotopic (exact) mass is 444 g/mol. The maximum absolute atomic E-state index is 12.4. The van der Waals surface area contributed by atoms with Crippen molar-refractivity contribution in [3.63, 3.8) is 0 Å². The highest BCUT2D eigenvalue weighted by Gasteiger charge is 2.40. The Kier molecular flexibility index (Phi) is 7.88. The van der Waals surface area contributed by atoms with E-state index in [4.69, 9.17) is 9.47 Å². The second kappa shape index (κ2) is 10.8. The number of imide groups is 1. The molecule has 1 aromatic heterocycles. The van der Waals surface area contributed by atoms with E-state index >= 15 is 0 Å². The summed E-state index contributed by atoms with van der Waals surface area (Å²) in [5.41, 5.74) is 3.09. The summed E-state index contributed by atoms with van der Waals surface area (Å²) in [6.07, 6.45) is 3.01. The van der Waals surface area contributed by atoms with E-state index in [-0.39, 0.29) is 5.91 Å². The first-order chi connectivity index (χ1) is 15.0. The molecule has 1 saturated heterocycles. The SMILES string of the molecule is CCc1ccc(CCOc2ccc(CC3SC(=O)N(COC(=O)OC)C3=O)cc2)nc1. The van der Waals surface area contributed by atoms with Crippen LogP contribution in [0.25, 0.3) is 0 Å². The molecule has 0 radical (unpaired) electrons. The number of benzene rings is 1. The van der Waals surface area contributed by atoms with E-state index in [2.05, 4.69) is 22.7 Å². The molecule has 2 aromatic rings. The van der Waals surface area contributed by atoms with Crippen molar-refractivity contribution in [1.29, 1.82) is 0 Å². The molecule has 0 saturated carbocycles. The first-order valence-electron chi connectivity index (χ1n) is 9.88. The topological polar surface area (TPSA) is 95.0 Å². The maximum Gasteiger partial charge on any atom is 0.509 e. The van der Waals surface area contributed by atoms with E-state index in [1.807, 2.05) is 36.5 Å². The van der Waals surface area contributed by atoms with Gasteiger partial charge in [-0.2, -0.15) is 0 Å². The Bertz CT molecular complexity index is 917. The Morgan fingerprint density at radius 2 is 1.87 bits per heavy atom. The van der Waals surface area contributed by atoms with E-state index in [1.165, 1.54) is 5.56 Å². The Morgan fingerprint density at radius 3 is 2.52 bits per heavy atom. The second-order valence-corrected chi connectivity index (χ2v) is 7.98. The van der Waals surface area contributed by atoms with Gasteiger partial charge >= 0.3 is 6.16 Å². The molecule has 2 amide bonds. The predicted molar refractivity (Wildman–Crippen MR) is 115 cm³/mol. The molecule has 31 heavy (non-hydrogen) atoms. The van der Waals surface area contributed by atoms with Crippen molar-refractivity contribution in [2.45, 2.75) is 31.4 Å². The number of methoxy groups -OCH3 is 1. The lowest BCUT2D eigenvalue weighted by Crippen LogP contribution is -2.35. The fourth-order valence-electron chi connectivity index (χ4n) is 2.94. The van der Waals surface area contributed by atoms with E-state index in [9.17, 15) is 14.4 Å². The van der Waals surface area contributed by atoms with Gasteiger partial charge in [-0.25, -0.2) is 9.69 Å². The Morgan fingerprint density at radius 1 is 1.13 bits per heavy atom. The molecule has 1 atom stereocenters. The Labute approximate surface area is 184 Å². The number of carbonyl (C=O) groups excluding carboxylic acids is 3. The summed E-state index contributed by atoms with van der Waals surface area (Å²) >= 11 is 0.921. The van der Waals surface area contributed by atoms with Crippen molar-refractivity contribution >= 4 is 29.1 Å². The first kappa shape index (κ1) is 22.6. The van der Waals surface area contributed by atoms with Gasteiger partial charge in [0.25, 0.3) is 5.24 Å². The standard InChI is InChI=1S/C22H24N2O6S/c1-3-15-4-7-17(23-13-15)10-11-29-18-8-5-16(6-9-18)12-19-20(25)24(21(26)31-19)14-30-22(27)28-2/h4-9,13,19H,3,10-12,14H2,1-2H3. The highest BCUT2D eigenvalue weighted by Crippen LogP contribution is 2.30. The molecule has 0 bridgehead atoms. The molecule has 164 valence electrons. The summed E-state index contributed by atoms with van der Waals surface area (Å²) in [5, 5.41) is -1.00. The van der Waals surface area contributed by atoms with Crippen LogP contribution < -0.4 is 4.74 Å². The molecule has 1 aromatic carbocycles. The minimum absolute atomic E-state index is 0.387. The summed E-state index contributed by atoms with van der Waals surface area (Å²) in [6, 6.07) is 11.5. The third-order valence-corrected chi connectivity index (χ3v) is 5.82. The lowest BCUT2D eigenvalue weighted by atomic mass is 10.1. The van der Waals surface area contributed by atoms with Gasteiger partial charge in [0.15, 0.2) is 6.73 Å². The van der Waals surface area contributed by atoms with E-state index in [1.54, 1.807) is 0 Å². The zero-order chi connectivity index (χ0) is 22.2. The minimum Gasteiger partial charge on any atom is -0.493 e. The van der Waals surface area contributed by atoms with Crippen LogP contribution in [0.2, 0.25) is 0 Å². The zero-order valence-corrected chi connectivity index (χ0v) is 18.2. The van der Waals surface area contributed by atoms with Gasteiger partial charge in [-0.1, -0.05) is 36.9 Å². The molecule has 1 unspecified atom stereocenters. The van der Waals surface area contributed by atoms with Crippen molar-refractivity contribution in [3.8, 4) is 5.75 Å². The third-order valence-electron chi connectivity index (χ3n) is 4.75. The van der Waals surface area contributed by atoms with E-state index in [0.717, 1.165) is 47.2 Å². The number of aryl methyl sites for hydroxylation is 1. The van der Waals surface area contributed by atoms with E-state index < -0.39 is 23.4 Å². The largest absolute Gasteiger partial charge is 0.509 e. The number of ether oxygens (including phenoxy) is 3. The van der Waals surface area contributed by atoms with Crippen molar-refractivity contribution in [2.75, 3.05) is 20.4 Å². The van der Waals surface area contributed by atoms with Crippen LogP contribution in [-0.4, -0.2) is 52.9 Å². The van der Waals surface area contributed by atoms with Crippen molar-refractivity contribution in [2.24, 2.45) is 0 Å². The van der Waals surface area contributed by atoms with Crippen LogP contribution in [0.5, 0.6) is 5.75 Å². The molecule has 1 fully saturated rings. The Balaban J connectivity index is 1.47. The summed E-state index contributed by atoms with van der Waals surface area (Å²) < 4.78 is 14.8. The average Bonchev–Trinajstić information content (AvgIpc) is 3.06. The van der Waals surface area contributed by atoms with Gasteiger partial charge in [0, 0.05) is 18.3 Å². The number of rotatable bonds is 9. The quantitative estimate of drug-likeness (QED) is 0.542. The van der Waals surface area contributed by atoms with Gasteiger partial charge in [0.1, 0.15) is 5.75 Å². The van der Waals surface area contributed by atoms with Gasteiger partial charge in [0.05, 0.1) is 19.0 Å². The van der Waals surface area contributed by atoms with Crippen LogP contribution >= 0.6 is 11.8 Å². The van der Waals surface area contributed by atoms with Gasteiger partial charge in [-0.05, 0) is 42.2 Å². The van der Waals surface area contributed by atoms with Crippen LogP contribution in [0.4, 0.5) is 9.59 Å². The molecule has 1 aliphatic heterocycles. The lowest BCUT2D eigenvalue weighted by Gasteiger charge is -2.13. The number of nitrogens with zero attached hydrogens (tertiary/aromatic N) is 2. The van der Waals surface area contributed by atoms with Crippen molar-refractivity contribution < 1.29 is 28.6 Å². The maximum atomic E-state index is 12.4. The van der Waals surface area contributed by atoms with Crippen LogP contribution in [0.3, 0.4) is 0 Å². The molecule has 0 aliphatic carbocycles. The molecule has 3 rings (SSSR count). The van der Waals surface area contributed by atoms with Crippen LogP contribution in [-0.2, 0) is 33.5 Å². The highest BCUT2D eigenvalue weighted by molar-refractivity contribution is 8.15. The number of carbonyl (C=O) groups is 3. The number of hydrogen-bond acceptors (Lipinski definition) is 8. The van der Waals surface area contributed by atoms with Crippen LogP contribution in [0.1, 0.15) is 23.7 Å². The lowest BCUT2D eigenvalue weighted by molar-refractivity contribution is -0.129. The molecule has 0 N–H and O–H groups in total. The summed E-state index contributed by atoms with van der Waals surface area (Å²) in [4.78, 5) is 40.8. The summed E-state index contributed by atoms with van der Waals surface area (Å²) in [7, 11) is 1.15. The minimum atomic E-state index is -0.946. The smallest absolute Gasteiger partial charge is 0.493 e. The molecule has 1 aliphatic rings. The van der Waals surface area contributed by atoms with Gasteiger partial charge < -0.3 is 14.2 Å². The molecule has 2 heterocycles. The fraction of sp³-hybridized carbons (Fsp3) is 0.364. The van der Waals surface area contributed by atoms with Crippen molar-refractivity contribution in [3.05, 3.63) is 59.4 Å². The number of amides is 2. The number of thioether (sulfide) groups is 1. The summed E-state index contributed by atoms with van der Waals surface area (Å²) in [5.74, 6) is 0.337. The molecule has 9 heteroatoms. The molecular weight excluding hydrogens is 420 g/mol. The number of aromatic nitrogens is 1. The molecule has 0 spiro atoms. The van der Waals surface area contributed by atoms with Gasteiger partial charge in [0.2, 0.25) is 5.91 Å². The predicted octanol–water partition coefficient (Wildman–Crippen LogP) is 3.61. The average molecular weight is 445 g/mol. The highest BCUT2D eigenvalue weighted by atomic mass is 32.2. The Hall–Kier alpha value is -3.07. The number of pyridine rings is 1.